The lowest BCUT2D eigenvalue weighted by Crippen LogP contribution is -2.27. The summed E-state index contributed by atoms with van der Waals surface area (Å²) in [5.41, 5.74) is 6.27. The number of carbonyl (C=O) groups excluding carboxylic acids is 1. The van der Waals surface area contributed by atoms with Crippen LogP contribution in [0.5, 0.6) is 0 Å². The molecule has 0 saturated carbocycles. The molecule has 0 saturated heterocycles. The van der Waals surface area contributed by atoms with Gasteiger partial charge in [-0.2, -0.15) is 15.0 Å². The molecular weight excluding hydrogens is 482 g/mol. The Bertz CT molecular complexity index is 1650. The van der Waals surface area contributed by atoms with Gasteiger partial charge in [0, 0.05) is 28.7 Å². The van der Waals surface area contributed by atoms with Crippen LogP contribution >= 0.6 is 0 Å². The third-order valence-electron chi connectivity index (χ3n) is 6.45. The lowest BCUT2D eigenvalue weighted by molar-refractivity contribution is 0.0570. The number of aryl methyl sites for hydroxylation is 3. The van der Waals surface area contributed by atoms with Crippen LogP contribution in [0.15, 0.2) is 42.7 Å². The minimum absolute atomic E-state index is 0.270. The smallest absolute Gasteiger partial charge is 0.259 e. The zero-order valence-electron chi connectivity index (χ0n) is 22.4. The van der Waals surface area contributed by atoms with E-state index in [1.54, 1.807) is 24.6 Å². The normalized spacial score (nSPS) is 11.9. The predicted octanol–water partition coefficient (Wildman–Crippen LogP) is 3.82. The van der Waals surface area contributed by atoms with Gasteiger partial charge in [-0.05, 0) is 76.1 Å². The second kappa shape index (κ2) is 9.49. The van der Waals surface area contributed by atoms with E-state index in [2.05, 4.69) is 30.9 Å². The maximum absolute atomic E-state index is 13.4. The Morgan fingerprint density at radius 1 is 1.08 bits per heavy atom. The molecule has 4 aromatic heterocycles. The van der Waals surface area contributed by atoms with E-state index >= 15 is 0 Å². The quantitative estimate of drug-likeness (QED) is 0.339. The van der Waals surface area contributed by atoms with Crippen molar-refractivity contribution in [3.8, 4) is 22.5 Å². The molecule has 0 bridgehead atoms. The van der Waals surface area contributed by atoms with Crippen LogP contribution in [0, 0.1) is 20.8 Å². The van der Waals surface area contributed by atoms with E-state index < -0.39 is 5.60 Å². The SMILES string of the molecule is CCn1nnc(-c2ccc(C)c(NC(=O)c3cnn4ccc(-c5c(C)nn(CC(C)(C)O)c5C)cc34)c2)n1. The largest absolute Gasteiger partial charge is 0.389 e. The summed E-state index contributed by atoms with van der Waals surface area (Å²) in [5, 5.41) is 34.8. The number of hydrogen-bond acceptors (Lipinski definition) is 7. The number of aromatic nitrogens is 8. The number of rotatable bonds is 7. The van der Waals surface area contributed by atoms with Gasteiger partial charge in [-0.1, -0.05) is 12.1 Å². The van der Waals surface area contributed by atoms with Crippen LogP contribution in [0.3, 0.4) is 0 Å². The minimum Gasteiger partial charge on any atom is -0.389 e. The Morgan fingerprint density at radius 2 is 1.87 bits per heavy atom. The maximum atomic E-state index is 13.4. The van der Waals surface area contributed by atoms with Gasteiger partial charge in [-0.15, -0.1) is 10.2 Å². The topological polar surface area (TPSA) is 128 Å². The van der Waals surface area contributed by atoms with Crippen molar-refractivity contribution >= 4 is 17.1 Å². The first-order chi connectivity index (χ1) is 18.0. The maximum Gasteiger partial charge on any atom is 0.259 e. The van der Waals surface area contributed by atoms with E-state index in [9.17, 15) is 9.90 Å². The number of nitrogens with one attached hydrogen (secondary N) is 1. The number of tetrazole rings is 1. The van der Waals surface area contributed by atoms with Crippen molar-refractivity contribution in [1.29, 1.82) is 0 Å². The summed E-state index contributed by atoms with van der Waals surface area (Å²) < 4.78 is 3.50. The first-order valence-electron chi connectivity index (χ1n) is 12.5. The average molecular weight is 514 g/mol. The number of benzene rings is 1. The molecule has 0 aliphatic heterocycles. The van der Waals surface area contributed by atoms with Gasteiger partial charge in [-0.3, -0.25) is 9.48 Å². The molecule has 0 aliphatic rings. The van der Waals surface area contributed by atoms with Crippen molar-refractivity contribution in [3.05, 3.63) is 65.2 Å². The molecule has 4 heterocycles. The molecule has 2 N–H and O–H groups in total. The first kappa shape index (κ1) is 25.3. The molecule has 196 valence electrons. The van der Waals surface area contributed by atoms with Crippen molar-refractivity contribution in [2.75, 3.05) is 5.32 Å². The molecule has 11 nitrogen and oxygen atoms in total. The van der Waals surface area contributed by atoms with Crippen molar-refractivity contribution in [2.24, 2.45) is 0 Å². The van der Waals surface area contributed by atoms with Gasteiger partial charge in [-0.25, -0.2) is 4.52 Å². The standard InChI is InChI=1S/C27H31N9O2/c1-7-36-32-25(30-33-36)20-9-8-16(2)22(12-20)29-26(37)21-14-28-34-11-10-19(13-23(21)34)24-17(3)31-35(18(24)4)15-27(5,6)38/h8-14,38H,7,15H2,1-6H3,(H,29,37). The number of hydrogen-bond donors (Lipinski definition) is 2. The summed E-state index contributed by atoms with van der Waals surface area (Å²) in [5.74, 6) is 0.229. The van der Waals surface area contributed by atoms with Crippen LogP contribution in [-0.2, 0) is 13.1 Å². The fourth-order valence-electron chi connectivity index (χ4n) is 4.52. The van der Waals surface area contributed by atoms with E-state index in [0.717, 1.165) is 33.6 Å². The molecule has 1 aromatic carbocycles. The molecule has 0 unspecified atom stereocenters. The van der Waals surface area contributed by atoms with Gasteiger partial charge in [0.1, 0.15) is 0 Å². The summed E-state index contributed by atoms with van der Waals surface area (Å²) >= 11 is 0. The molecule has 1 amide bonds. The van der Waals surface area contributed by atoms with E-state index in [0.29, 0.717) is 35.7 Å². The number of carbonyl (C=O) groups is 1. The summed E-state index contributed by atoms with van der Waals surface area (Å²) in [6, 6.07) is 9.58. The molecule has 0 fully saturated rings. The highest BCUT2D eigenvalue weighted by atomic mass is 16.3. The number of aliphatic hydroxyl groups is 1. The molecular formula is C27H31N9O2. The van der Waals surface area contributed by atoms with Crippen LogP contribution in [0.25, 0.3) is 28.0 Å². The summed E-state index contributed by atoms with van der Waals surface area (Å²) in [4.78, 5) is 14.9. The molecule has 0 aliphatic carbocycles. The fraction of sp³-hybridized carbons (Fsp3) is 0.333. The summed E-state index contributed by atoms with van der Waals surface area (Å²) in [7, 11) is 0. The van der Waals surface area contributed by atoms with Crippen molar-refractivity contribution in [1.82, 2.24) is 39.6 Å². The van der Waals surface area contributed by atoms with Crippen molar-refractivity contribution in [3.63, 3.8) is 0 Å². The third-order valence-corrected chi connectivity index (χ3v) is 6.45. The highest BCUT2D eigenvalue weighted by Crippen LogP contribution is 2.30. The van der Waals surface area contributed by atoms with Crippen molar-refractivity contribution in [2.45, 2.75) is 60.2 Å². The first-order valence-corrected chi connectivity index (χ1v) is 12.5. The molecule has 5 aromatic rings. The van der Waals surface area contributed by atoms with Crippen molar-refractivity contribution < 1.29 is 9.90 Å². The third kappa shape index (κ3) is 4.80. The minimum atomic E-state index is -0.890. The number of pyridine rings is 1. The number of amides is 1. The number of fused-ring (bicyclic) bond motifs is 1. The molecule has 5 rings (SSSR count). The Hall–Kier alpha value is -4.38. The van der Waals surface area contributed by atoms with E-state index in [1.807, 2.05) is 68.9 Å². The Labute approximate surface area is 220 Å². The summed E-state index contributed by atoms with van der Waals surface area (Å²) in [6.07, 6.45) is 3.40. The lowest BCUT2D eigenvalue weighted by atomic mass is 10.0. The highest BCUT2D eigenvalue weighted by Gasteiger charge is 2.21. The second-order valence-corrected chi connectivity index (χ2v) is 10.1. The summed E-state index contributed by atoms with van der Waals surface area (Å²) in [6.45, 7) is 12.3. The average Bonchev–Trinajstić information content (AvgIpc) is 3.57. The molecule has 0 radical (unpaired) electrons. The monoisotopic (exact) mass is 513 g/mol. The molecule has 0 atom stereocenters. The predicted molar refractivity (Wildman–Crippen MR) is 144 cm³/mol. The van der Waals surface area contributed by atoms with Gasteiger partial charge in [0.25, 0.3) is 5.91 Å². The van der Waals surface area contributed by atoms with Crippen LogP contribution < -0.4 is 5.32 Å². The molecule has 11 heteroatoms. The molecule has 38 heavy (non-hydrogen) atoms. The van der Waals surface area contributed by atoms with Crippen LogP contribution in [0.4, 0.5) is 5.69 Å². The van der Waals surface area contributed by atoms with Gasteiger partial charge < -0.3 is 10.4 Å². The second-order valence-electron chi connectivity index (χ2n) is 10.1. The van der Waals surface area contributed by atoms with E-state index in [4.69, 9.17) is 0 Å². The van der Waals surface area contributed by atoms with Gasteiger partial charge in [0.2, 0.25) is 5.82 Å². The zero-order chi connectivity index (χ0) is 27.2. The zero-order valence-corrected chi connectivity index (χ0v) is 22.4. The van der Waals surface area contributed by atoms with E-state index in [1.165, 1.54) is 4.80 Å². The van der Waals surface area contributed by atoms with Crippen LogP contribution in [0.1, 0.15) is 48.1 Å². The Morgan fingerprint density at radius 3 is 2.58 bits per heavy atom. The highest BCUT2D eigenvalue weighted by molar-refractivity contribution is 6.09. The van der Waals surface area contributed by atoms with Gasteiger partial charge in [0.05, 0.1) is 41.7 Å². The number of nitrogens with zero attached hydrogens (tertiary/aromatic N) is 8. The Balaban J connectivity index is 1.47. The lowest BCUT2D eigenvalue weighted by Gasteiger charge is -2.18. The van der Waals surface area contributed by atoms with Crippen LogP contribution in [0.2, 0.25) is 0 Å². The van der Waals surface area contributed by atoms with E-state index in [-0.39, 0.29) is 5.91 Å². The Kier molecular flexibility index (Phi) is 6.31. The fourth-order valence-corrected chi connectivity index (χ4v) is 4.52. The molecule has 0 spiro atoms. The van der Waals surface area contributed by atoms with Crippen LogP contribution in [-0.4, -0.2) is 56.2 Å². The van der Waals surface area contributed by atoms with Gasteiger partial charge in [0.15, 0.2) is 0 Å². The number of anilines is 1. The van der Waals surface area contributed by atoms with Gasteiger partial charge >= 0.3 is 0 Å².